The zero-order valence-electron chi connectivity index (χ0n) is 23.6. The van der Waals surface area contributed by atoms with Crippen molar-refractivity contribution in [2.45, 2.75) is 68.1 Å². The molecule has 7 rings (SSSR count). The number of benzene rings is 2. The van der Waals surface area contributed by atoms with E-state index in [1.54, 1.807) is 19.1 Å². The molecule has 1 unspecified atom stereocenters. The first-order valence-corrected chi connectivity index (χ1v) is 16.2. The van der Waals surface area contributed by atoms with Gasteiger partial charge in [-0.05, 0) is 78.9 Å². The number of sulfonamides is 1. The lowest BCUT2D eigenvalue weighted by Crippen LogP contribution is -2.72. The first-order valence-electron chi connectivity index (χ1n) is 14.6. The highest BCUT2D eigenvalue weighted by Crippen LogP contribution is 2.38. The topological polar surface area (TPSA) is 130 Å². The summed E-state index contributed by atoms with van der Waals surface area (Å²) in [7, 11) is -3.79. The van der Waals surface area contributed by atoms with Crippen molar-refractivity contribution in [3.63, 3.8) is 0 Å². The first kappa shape index (κ1) is 27.1. The predicted molar refractivity (Wildman–Crippen MR) is 162 cm³/mol. The van der Waals surface area contributed by atoms with Gasteiger partial charge < -0.3 is 19.5 Å². The molecule has 4 heterocycles. The van der Waals surface area contributed by atoms with Gasteiger partial charge in [0.1, 0.15) is 5.82 Å². The predicted octanol–water partition coefficient (Wildman–Crippen LogP) is 4.12. The van der Waals surface area contributed by atoms with Crippen molar-refractivity contribution >= 4 is 21.5 Å². The van der Waals surface area contributed by atoms with E-state index in [-0.39, 0.29) is 10.9 Å². The van der Waals surface area contributed by atoms with Crippen LogP contribution in [0.15, 0.2) is 76.2 Å². The normalized spacial score (nSPS) is 24.2. The van der Waals surface area contributed by atoms with Crippen molar-refractivity contribution in [1.82, 2.24) is 20.5 Å². The van der Waals surface area contributed by atoms with Crippen molar-refractivity contribution in [3.05, 3.63) is 72.8 Å². The van der Waals surface area contributed by atoms with Gasteiger partial charge in [0.05, 0.1) is 4.90 Å². The van der Waals surface area contributed by atoms with Gasteiger partial charge in [-0.25, -0.2) is 18.5 Å². The van der Waals surface area contributed by atoms with E-state index in [2.05, 4.69) is 43.5 Å². The molecule has 0 radical (unpaired) electrons. The number of piperazine rings is 1. The van der Waals surface area contributed by atoms with Crippen molar-refractivity contribution < 1.29 is 12.8 Å². The quantitative estimate of drug-likeness (QED) is 0.355. The number of piperidine rings is 1. The minimum atomic E-state index is -3.79. The van der Waals surface area contributed by atoms with Crippen LogP contribution in [0, 0.1) is 6.92 Å². The molecule has 3 fully saturated rings. The third-order valence-electron chi connectivity index (χ3n) is 8.96. The maximum absolute atomic E-state index is 12.0. The van der Waals surface area contributed by atoms with Crippen LogP contribution in [0.25, 0.3) is 22.6 Å². The number of aromatic nitrogens is 3. The minimum Gasteiger partial charge on any atom is -0.421 e. The van der Waals surface area contributed by atoms with Crippen LogP contribution in [0.1, 0.15) is 38.0 Å². The molecule has 11 heteroatoms. The number of primary sulfonamides is 1. The third-order valence-corrected chi connectivity index (χ3v) is 9.87. The Kier molecular flexibility index (Phi) is 6.95. The highest BCUT2D eigenvalue weighted by atomic mass is 32.2. The largest absolute Gasteiger partial charge is 0.421 e. The number of nitrogens with one attached hydrogen (secondary N) is 1. The number of hydrogen-bond acceptors (Lipinski definition) is 9. The third kappa shape index (κ3) is 5.16. The molecule has 10 nitrogen and oxygen atoms in total. The van der Waals surface area contributed by atoms with Gasteiger partial charge in [0, 0.05) is 61.6 Å². The lowest BCUT2D eigenvalue weighted by molar-refractivity contribution is 0.188. The van der Waals surface area contributed by atoms with Crippen LogP contribution in [0.5, 0.6) is 0 Å². The minimum absolute atomic E-state index is 0.112. The summed E-state index contributed by atoms with van der Waals surface area (Å²) in [6, 6.07) is 20.6. The van der Waals surface area contributed by atoms with Gasteiger partial charge >= 0.3 is 0 Å². The van der Waals surface area contributed by atoms with Gasteiger partial charge in [0.25, 0.3) is 0 Å². The Morgan fingerprint density at radius 1 is 0.905 bits per heavy atom. The molecule has 2 aliphatic heterocycles. The molecule has 0 bridgehead atoms. The van der Waals surface area contributed by atoms with E-state index < -0.39 is 10.0 Å². The lowest BCUT2D eigenvalue weighted by atomic mass is 9.81. The molecule has 3 N–H and O–H groups in total. The molecule has 0 amide bonds. The number of nitrogens with zero attached hydrogens (tertiary/aromatic N) is 5. The van der Waals surface area contributed by atoms with Crippen LogP contribution >= 0.6 is 0 Å². The van der Waals surface area contributed by atoms with Gasteiger partial charge in [-0.1, -0.05) is 25.0 Å². The Balaban J connectivity index is 1.16. The fraction of sp³-hybridized carbons (Fsp3) is 0.387. The molecule has 0 spiro atoms. The van der Waals surface area contributed by atoms with Crippen LogP contribution in [0.2, 0.25) is 0 Å². The second kappa shape index (κ2) is 10.8. The summed E-state index contributed by atoms with van der Waals surface area (Å²) in [6.07, 6.45) is 7.56. The molecular formula is C31H35N7O3S. The summed E-state index contributed by atoms with van der Waals surface area (Å²) in [6.45, 7) is 3.63. The van der Waals surface area contributed by atoms with Crippen LogP contribution in [-0.2, 0) is 10.0 Å². The molecule has 4 atom stereocenters. The van der Waals surface area contributed by atoms with Crippen molar-refractivity contribution in [3.8, 4) is 22.6 Å². The average Bonchev–Trinajstić information content (AvgIpc) is 3.45. The summed E-state index contributed by atoms with van der Waals surface area (Å²) in [4.78, 5) is 10.0. The van der Waals surface area contributed by atoms with Gasteiger partial charge in [-0.15, -0.1) is 10.2 Å². The van der Waals surface area contributed by atoms with Crippen molar-refractivity contribution in [1.29, 1.82) is 0 Å². The molecule has 3 aliphatic rings. The fourth-order valence-electron chi connectivity index (χ4n) is 6.99. The summed E-state index contributed by atoms with van der Waals surface area (Å²) < 4.78 is 29.6. The Labute approximate surface area is 246 Å². The molecule has 2 saturated heterocycles. The second-order valence-electron chi connectivity index (χ2n) is 11.6. The number of rotatable bonds is 5. The summed E-state index contributed by atoms with van der Waals surface area (Å²) in [5.74, 6) is 2.05. The second-order valence-corrected chi connectivity index (χ2v) is 13.2. The van der Waals surface area contributed by atoms with E-state index in [1.165, 1.54) is 24.6 Å². The zero-order chi connectivity index (χ0) is 28.8. The van der Waals surface area contributed by atoms with Crippen LogP contribution in [0.3, 0.4) is 0 Å². The SMILES string of the molecule is Cc1nnc(-c2ccc(N3CCC4[C@@H](C3)N[C@@H]3CCCC[C@H]3N4c3cc(-c4cccc(S(N)(=O)=O)c4)ccn3)cc2)o1. The average molecular weight is 586 g/mol. The van der Waals surface area contributed by atoms with Crippen LogP contribution < -0.4 is 20.3 Å². The Morgan fingerprint density at radius 3 is 2.48 bits per heavy atom. The van der Waals surface area contributed by atoms with Crippen molar-refractivity contribution in [2.75, 3.05) is 22.9 Å². The first-order chi connectivity index (χ1) is 20.3. The van der Waals surface area contributed by atoms with E-state index in [9.17, 15) is 8.42 Å². The molecule has 2 aromatic carbocycles. The van der Waals surface area contributed by atoms with Gasteiger partial charge in [0.15, 0.2) is 0 Å². The van der Waals surface area contributed by atoms with Crippen LogP contribution in [-0.4, -0.2) is 60.9 Å². The number of pyridine rings is 1. The standard InChI is InChI=1S/C31H35N7O3S/c1-20-35-36-31(41-20)21-9-11-24(12-10-21)37-16-14-29-27(19-37)34-26-7-2-3-8-28(26)38(29)30-18-23(13-15-33-30)22-5-4-6-25(17-22)42(32,39)40/h4-6,9-13,15,17-18,26-29,34H,2-3,7-8,14,16,19H2,1H3,(H2,32,39,40)/t26-,27-,28-,29?/m1/s1. The molecule has 218 valence electrons. The van der Waals surface area contributed by atoms with E-state index in [0.29, 0.717) is 29.9 Å². The van der Waals surface area contributed by atoms with E-state index in [0.717, 1.165) is 54.9 Å². The van der Waals surface area contributed by atoms with E-state index in [4.69, 9.17) is 14.5 Å². The number of aryl methyl sites for hydroxylation is 1. The zero-order valence-corrected chi connectivity index (χ0v) is 24.4. The fourth-order valence-corrected chi connectivity index (χ4v) is 7.55. The number of nitrogens with two attached hydrogens (primary N) is 1. The molecule has 42 heavy (non-hydrogen) atoms. The molecule has 1 aliphatic carbocycles. The number of hydrogen-bond donors (Lipinski definition) is 2. The van der Waals surface area contributed by atoms with E-state index >= 15 is 0 Å². The Bertz CT molecular complexity index is 1690. The smallest absolute Gasteiger partial charge is 0.247 e. The Hall–Kier alpha value is -3.80. The van der Waals surface area contributed by atoms with Gasteiger partial charge in [-0.2, -0.15) is 0 Å². The van der Waals surface area contributed by atoms with Crippen molar-refractivity contribution in [2.24, 2.45) is 5.14 Å². The maximum atomic E-state index is 12.0. The molecule has 4 aromatic rings. The molecular weight excluding hydrogens is 550 g/mol. The maximum Gasteiger partial charge on any atom is 0.247 e. The summed E-state index contributed by atoms with van der Waals surface area (Å²) in [5, 5.41) is 17.5. The summed E-state index contributed by atoms with van der Waals surface area (Å²) >= 11 is 0. The highest BCUT2D eigenvalue weighted by Gasteiger charge is 2.46. The summed E-state index contributed by atoms with van der Waals surface area (Å²) in [5.41, 5.74) is 3.84. The van der Waals surface area contributed by atoms with E-state index in [1.807, 2.05) is 30.5 Å². The Morgan fingerprint density at radius 2 is 1.69 bits per heavy atom. The van der Waals surface area contributed by atoms with Gasteiger partial charge in [-0.3, -0.25) is 0 Å². The number of anilines is 2. The van der Waals surface area contributed by atoms with Crippen LogP contribution in [0.4, 0.5) is 11.5 Å². The lowest BCUT2D eigenvalue weighted by Gasteiger charge is -2.56. The molecule has 2 aromatic heterocycles. The monoisotopic (exact) mass is 585 g/mol. The highest BCUT2D eigenvalue weighted by molar-refractivity contribution is 7.89. The number of fused-ring (bicyclic) bond motifs is 2. The molecule has 1 saturated carbocycles. The van der Waals surface area contributed by atoms with Gasteiger partial charge in [0.2, 0.25) is 21.8 Å².